The van der Waals surface area contributed by atoms with Gasteiger partial charge >= 0.3 is 0 Å². The lowest BCUT2D eigenvalue weighted by molar-refractivity contribution is -0.385. The van der Waals surface area contributed by atoms with Crippen LogP contribution in [0.4, 0.5) is 5.69 Å². The lowest BCUT2D eigenvalue weighted by atomic mass is 10.1. The summed E-state index contributed by atoms with van der Waals surface area (Å²) in [6.07, 6.45) is 0. The van der Waals surface area contributed by atoms with Crippen molar-refractivity contribution in [2.45, 2.75) is 44.7 Å². The number of aryl methyl sites for hydroxylation is 1. The predicted octanol–water partition coefficient (Wildman–Crippen LogP) is 3.89. The van der Waals surface area contributed by atoms with Gasteiger partial charge in [-0.3, -0.25) is 10.1 Å². The first-order valence-electron chi connectivity index (χ1n) is 7.85. The van der Waals surface area contributed by atoms with Crippen molar-refractivity contribution in [2.75, 3.05) is 0 Å². The largest absolute Gasteiger partial charge is 0.273 e. The Balaban J connectivity index is 2.52. The van der Waals surface area contributed by atoms with Crippen LogP contribution in [0.1, 0.15) is 31.9 Å². The van der Waals surface area contributed by atoms with Crippen molar-refractivity contribution in [1.82, 2.24) is 4.31 Å². The van der Waals surface area contributed by atoms with Crippen molar-refractivity contribution in [3.05, 3.63) is 69.8 Å². The Labute approximate surface area is 148 Å². The molecule has 25 heavy (non-hydrogen) atoms. The molecule has 0 aliphatic carbocycles. The van der Waals surface area contributed by atoms with Gasteiger partial charge in [0.15, 0.2) is 0 Å². The van der Waals surface area contributed by atoms with E-state index in [0.29, 0.717) is 5.56 Å². The average molecular weight is 362 g/mol. The van der Waals surface area contributed by atoms with Gasteiger partial charge in [0, 0.05) is 23.7 Å². The van der Waals surface area contributed by atoms with Crippen molar-refractivity contribution in [2.24, 2.45) is 0 Å². The van der Waals surface area contributed by atoms with Crippen LogP contribution < -0.4 is 0 Å². The Morgan fingerprint density at radius 1 is 1.08 bits per heavy atom. The highest BCUT2D eigenvalue weighted by molar-refractivity contribution is 7.89. The van der Waals surface area contributed by atoms with Gasteiger partial charge in [0.1, 0.15) is 0 Å². The third-order valence-corrected chi connectivity index (χ3v) is 5.99. The van der Waals surface area contributed by atoms with Gasteiger partial charge in [-0.1, -0.05) is 36.4 Å². The maximum Gasteiger partial charge on any atom is 0.273 e. The Morgan fingerprint density at radius 3 is 2.20 bits per heavy atom. The lowest BCUT2D eigenvalue weighted by Crippen LogP contribution is -2.44. The van der Waals surface area contributed by atoms with Crippen molar-refractivity contribution >= 4 is 15.7 Å². The molecule has 0 heterocycles. The Kier molecular flexibility index (Phi) is 5.29. The van der Waals surface area contributed by atoms with Crippen molar-refractivity contribution < 1.29 is 13.3 Å². The molecule has 0 fully saturated rings. The fourth-order valence-corrected chi connectivity index (χ4v) is 4.30. The zero-order valence-corrected chi connectivity index (χ0v) is 15.6. The highest BCUT2D eigenvalue weighted by Gasteiger charge is 2.35. The molecule has 0 unspecified atom stereocenters. The van der Waals surface area contributed by atoms with E-state index in [1.165, 1.54) is 16.4 Å². The number of benzene rings is 2. The van der Waals surface area contributed by atoms with Crippen LogP contribution in [-0.2, 0) is 16.6 Å². The zero-order chi connectivity index (χ0) is 18.8. The van der Waals surface area contributed by atoms with E-state index in [4.69, 9.17) is 0 Å². The Bertz CT molecular complexity index is 872. The van der Waals surface area contributed by atoms with E-state index in [1.54, 1.807) is 27.7 Å². The number of rotatable bonds is 5. The summed E-state index contributed by atoms with van der Waals surface area (Å²) in [7, 11) is -3.90. The average Bonchev–Trinajstić information content (AvgIpc) is 2.52. The van der Waals surface area contributed by atoms with Crippen LogP contribution in [0.5, 0.6) is 0 Å². The Morgan fingerprint density at radius 2 is 1.68 bits per heavy atom. The molecule has 2 aromatic carbocycles. The normalized spacial score (nSPS) is 12.4. The van der Waals surface area contributed by atoms with Gasteiger partial charge < -0.3 is 0 Å². The number of hydrogen-bond donors (Lipinski definition) is 0. The third-order valence-electron chi connectivity index (χ3n) is 3.88. The molecule has 0 aliphatic rings. The van der Waals surface area contributed by atoms with Crippen LogP contribution >= 0.6 is 0 Å². The molecule has 0 spiro atoms. The maximum atomic E-state index is 13.2. The van der Waals surface area contributed by atoms with E-state index in [0.717, 1.165) is 11.6 Å². The number of nitro groups is 1. The second-order valence-electron chi connectivity index (χ2n) is 6.87. The summed E-state index contributed by atoms with van der Waals surface area (Å²) < 4.78 is 27.7. The lowest BCUT2D eigenvalue weighted by Gasteiger charge is -2.34. The molecule has 2 aromatic rings. The van der Waals surface area contributed by atoms with Crippen LogP contribution in [0, 0.1) is 17.0 Å². The summed E-state index contributed by atoms with van der Waals surface area (Å²) in [5.41, 5.74) is 0.389. The summed E-state index contributed by atoms with van der Waals surface area (Å²) in [4.78, 5) is 10.5. The summed E-state index contributed by atoms with van der Waals surface area (Å²) in [5, 5.41) is 11.2. The molecule has 0 bridgehead atoms. The summed E-state index contributed by atoms with van der Waals surface area (Å²) in [5.74, 6) is 0. The molecular weight excluding hydrogens is 340 g/mol. The number of sulfonamides is 1. The molecule has 6 nitrogen and oxygen atoms in total. The van der Waals surface area contributed by atoms with Crippen LogP contribution in [0.2, 0.25) is 0 Å². The van der Waals surface area contributed by atoms with E-state index >= 15 is 0 Å². The zero-order valence-electron chi connectivity index (χ0n) is 14.8. The van der Waals surface area contributed by atoms with E-state index in [1.807, 2.05) is 30.3 Å². The molecule has 0 radical (unpaired) electrons. The van der Waals surface area contributed by atoms with E-state index in [2.05, 4.69) is 0 Å². The standard InChI is InChI=1S/C18H22N2O4S/c1-14-10-11-16(12-17(14)20(21)22)25(23,24)19(18(2,3)4)13-15-8-6-5-7-9-15/h5-12H,13H2,1-4H3. The quantitative estimate of drug-likeness (QED) is 0.597. The van der Waals surface area contributed by atoms with E-state index in [9.17, 15) is 18.5 Å². The first-order valence-corrected chi connectivity index (χ1v) is 9.29. The summed E-state index contributed by atoms with van der Waals surface area (Å²) in [6.45, 7) is 7.18. The molecule has 0 saturated carbocycles. The minimum atomic E-state index is -3.90. The minimum absolute atomic E-state index is 0.0735. The van der Waals surface area contributed by atoms with Gasteiger partial charge in [-0.05, 0) is 39.3 Å². The van der Waals surface area contributed by atoms with Crippen molar-refractivity contribution in [1.29, 1.82) is 0 Å². The molecule has 0 atom stereocenters. The summed E-state index contributed by atoms with van der Waals surface area (Å²) >= 11 is 0. The van der Waals surface area contributed by atoms with Crippen molar-refractivity contribution in [3.8, 4) is 0 Å². The monoisotopic (exact) mass is 362 g/mol. The topological polar surface area (TPSA) is 80.5 Å². The van der Waals surface area contributed by atoms with Gasteiger partial charge in [-0.25, -0.2) is 8.42 Å². The number of nitrogens with zero attached hydrogens (tertiary/aromatic N) is 2. The molecule has 0 saturated heterocycles. The van der Waals surface area contributed by atoms with Gasteiger partial charge in [0.05, 0.1) is 9.82 Å². The van der Waals surface area contributed by atoms with Crippen LogP contribution in [0.3, 0.4) is 0 Å². The second kappa shape index (κ2) is 6.93. The van der Waals surface area contributed by atoms with Gasteiger partial charge in [0.2, 0.25) is 10.0 Å². The highest BCUT2D eigenvalue weighted by Crippen LogP contribution is 2.30. The SMILES string of the molecule is Cc1ccc(S(=O)(=O)N(Cc2ccccc2)C(C)(C)C)cc1[N+](=O)[O-]. The van der Waals surface area contributed by atoms with Crippen LogP contribution in [0.25, 0.3) is 0 Å². The van der Waals surface area contributed by atoms with Crippen LogP contribution in [-0.4, -0.2) is 23.2 Å². The second-order valence-corrected chi connectivity index (χ2v) is 8.74. The Hall–Kier alpha value is -2.25. The first kappa shape index (κ1) is 19.1. The van der Waals surface area contributed by atoms with E-state index < -0.39 is 20.5 Å². The van der Waals surface area contributed by atoms with Crippen LogP contribution in [0.15, 0.2) is 53.4 Å². The smallest absolute Gasteiger partial charge is 0.258 e. The molecular formula is C18H22N2O4S. The molecule has 0 aliphatic heterocycles. The number of nitro benzene ring substituents is 1. The van der Waals surface area contributed by atoms with Crippen molar-refractivity contribution in [3.63, 3.8) is 0 Å². The minimum Gasteiger partial charge on any atom is -0.258 e. The predicted molar refractivity (Wildman–Crippen MR) is 96.8 cm³/mol. The highest BCUT2D eigenvalue weighted by atomic mass is 32.2. The molecule has 134 valence electrons. The fourth-order valence-electron chi connectivity index (χ4n) is 2.51. The molecule has 0 N–H and O–H groups in total. The number of hydrogen-bond acceptors (Lipinski definition) is 4. The molecule has 0 aromatic heterocycles. The van der Waals surface area contributed by atoms with E-state index in [-0.39, 0.29) is 17.1 Å². The molecule has 7 heteroatoms. The van der Waals surface area contributed by atoms with Gasteiger partial charge in [0.25, 0.3) is 5.69 Å². The third kappa shape index (κ3) is 4.24. The van der Waals surface area contributed by atoms with Gasteiger partial charge in [-0.2, -0.15) is 4.31 Å². The van der Waals surface area contributed by atoms with Gasteiger partial charge in [-0.15, -0.1) is 0 Å². The molecule has 0 amide bonds. The summed E-state index contributed by atoms with van der Waals surface area (Å²) in [6, 6.07) is 13.3. The molecule has 2 rings (SSSR count). The fraction of sp³-hybridized carbons (Fsp3) is 0.333. The maximum absolute atomic E-state index is 13.2. The first-order chi connectivity index (χ1) is 11.5.